The molecule has 0 atom stereocenters. The molecule has 5 nitrogen and oxygen atoms in total. The number of hydrogen-bond acceptors (Lipinski definition) is 3. The Hall–Kier alpha value is -1.92. The molecule has 0 bridgehead atoms. The summed E-state index contributed by atoms with van der Waals surface area (Å²) in [7, 11) is 1.78. The fourth-order valence-electron chi connectivity index (χ4n) is 2.79. The number of hydrogen-bond donors (Lipinski definition) is 1. The molecular weight excluding hydrogens is 285 g/mol. The number of rotatable bonds is 4. The average molecular weight is 305 g/mol. The van der Waals surface area contributed by atoms with Gasteiger partial charge in [-0.2, -0.15) is 0 Å². The van der Waals surface area contributed by atoms with Gasteiger partial charge in [0, 0.05) is 38.6 Å². The maximum Gasteiger partial charge on any atom is 0.267 e. The maximum atomic E-state index is 13.8. The highest BCUT2D eigenvalue weighted by Gasteiger charge is 2.16. The first kappa shape index (κ1) is 15.0. The van der Waals surface area contributed by atoms with E-state index in [2.05, 4.69) is 10.2 Å². The van der Waals surface area contributed by atoms with Crippen molar-refractivity contribution in [3.05, 3.63) is 35.8 Å². The summed E-state index contributed by atoms with van der Waals surface area (Å²) in [6, 6.07) is 6.47. The highest BCUT2D eigenvalue weighted by atomic mass is 19.1. The predicted octanol–water partition coefficient (Wildman–Crippen LogP) is 1.38. The molecular formula is C16H20FN3O2. The van der Waals surface area contributed by atoms with Gasteiger partial charge in [0.15, 0.2) is 0 Å². The number of morpholine rings is 1. The number of aromatic nitrogens is 1. The van der Waals surface area contributed by atoms with E-state index in [1.807, 2.05) is 6.07 Å². The lowest BCUT2D eigenvalue weighted by Crippen LogP contribution is -2.41. The zero-order valence-corrected chi connectivity index (χ0v) is 12.6. The van der Waals surface area contributed by atoms with Gasteiger partial charge < -0.3 is 14.6 Å². The van der Waals surface area contributed by atoms with E-state index in [4.69, 9.17) is 4.74 Å². The van der Waals surface area contributed by atoms with E-state index in [0.717, 1.165) is 38.4 Å². The highest BCUT2D eigenvalue weighted by molar-refractivity contribution is 5.98. The highest BCUT2D eigenvalue weighted by Crippen LogP contribution is 2.21. The predicted molar refractivity (Wildman–Crippen MR) is 82.5 cm³/mol. The van der Waals surface area contributed by atoms with Gasteiger partial charge >= 0.3 is 0 Å². The molecule has 1 aromatic carbocycles. The molecule has 1 fully saturated rings. The molecule has 1 aliphatic heterocycles. The van der Waals surface area contributed by atoms with Gasteiger partial charge in [-0.1, -0.05) is 6.07 Å². The lowest BCUT2D eigenvalue weighted by atomic mass is 10.2. The van der Waals surface area contributed by atoms with Gasteiger partial charge in [0.05, 0.1) is 18.7 Å². The first-order chi connectivity index (χ1) is 10.7. The Morgan fingerprint density at radius 3 is 2.86 bits per heavy atom. The van der Waals surface area contributed by atoms with Crippen LogP contribution in [0.25, 0.3) is 10.9 Å². The normalized spacial score (nSPS) is 16.1. The minimum absolute atomic E-state index is 0.175. The van der Waals surface area contributed by atoms with Gasteiger partial charge in [-0.25, -0.2) is 4.39 Å². The summed E-state index contributed by atoms with van der Waals surface area (Å²) in [4.78, 5) is 14.5. The van der Waals surface area contributed by atoms with Crippen molar-refractivity contribution in [2.24, 2.45) is 7.05 Å². The Morgan fingerprint density at radius 2 is 2.14 bits per heavy atom. The zero-order valence-electron chi connectivity index (χ0n) is 12.6. The summed E-state index contributed by atoms with van der Waals surface area (Å²) < 4.78 is 20.8. The van der Waals surface area contributed by atoms with E-state index in [-0.39, 0.29) is 11.7 Å². The molecule has 1 aliphatic rings. The summed E-state index contributed by atoms with van der Waals surface area (Å²) in [5.41, 5.74) is 1.19. The van der Waals surface area contributed by atoms with E-state index >= 15 is 0 Å². The molecule has 1 amide bonds. The zero-order chi connectivity index (χ0) is 15.5. The van der Waals surface area contributed by atoms with Crippen molar-refractivity contribution in [3.8, 4) is 0 Å². The number of ether oxygens (including phenoxy) is 1. The van der Waals surface area contributed by atoms with E-state index in [1.54, 1.807) is 23.7 Å². The molecule has 1 saturated heterocycles. The number of amides is 1. The molecule has 6 heteroatoms. The van der Waals surface area contributed by atoms with Crippen LogP contribution in [0.2, 0.25) is 0 Å². The van der Waals surface area contributed by atoms with E-state index in [0.29, 0.717) is 17.6 Å². The smallest absolute Gasteiger partial charge is 0.267 e. The van der Waals surface area contributed by atoms with Gasteiger partial charge in [0.1, 0.15) is 11.5 Å². The minimum atomic E-state index is -0.305. The summed E-state index contributed by atoms with van der Waals surface area (Å²) in [5, 5.41) is 3.38. The van der Waals surface area contributed by atoms with Crippen molar-refractivity contribution in [1.29, 1.82) is 0 Å². The van der Waals surface area contributed by atoms with Crippen LogP contribution in [0.3, 0.4) is 0 Å². The molecule has 1 N–H and O–H groups in total. The van der Waals surface area contributed by atoms with E-state index in [1.165, 1.54) is 6.07 Å². The van der Waals surface area contributed by atoms with Crippen LogP contribution in [-0.2, 0) is 11.8 Å². The molecule has 118 valence electrons. The third kappa shape index (κ3) is 2.98. The van der Waals surface area contributed by atoms with Crippen molar-refractivity contribution in [1.82, 2.24) is 14.8 Å². The largest absolute Gasteiger partial charge is 0.379 e. The Kier molecular flexibility index (Phi) is 4.40. The van der Waals surface area contributed by atoms with Crippen molar-refractivity contribution in [3.63, 3.8) is 0 Å². The first-order valence-electron chi connectivity index (χ1n) is 7.49. The topological polar surface area (TPSA) is 46.5 Å². The molecule has 2 heterocycles. The second kappa shape index (κ2) is 6.46. The molecule has 0 unspecified atom stereocenters. The molecule has 0 spiro atoms. The van der Waals surface area contributed by atoms with Gasteiger partial charge in [0.25, 0.3) is 5.91 Å². The molecule has 22 heavy (non-hydrogen) atoms. The number of carbonyl (C=O) groups excluding carboxylic acids is 1. The van der Waals surface area contributed by atoms with Crippen LogP contribution >= 0.6 is 0 Å². The van der Waals surface area contributed by atoms with Crippen molar-refractivity contribution in [2.45, 2.75) is 0 Å². The van der Waals surface area contributed by atoms with Gasteiger partial charge in [-0.15, -0.1) is 0 Å². The third-order valence-electron chi connectivity index (χ3n) is 4.08. The van der Waals surface area contributed by atoms with Crippen LogP contribution in [0.5, 0.6) is 0 Å². The number of nitrogens with one attached hydrogen (secondary N) is 1. The first-order valence-corrected chi connectivity index (χ1v) is 7.49. The fraction of sp³-hybridized carbons (Fsp3) is 0.438. The van der Waals surface area contributed by atoms with Crippen LogP contribution in [0.15, 0.2) is 24.3 Å². The lowest BCUT2D eigenvalue weighted by molar-refractivity contribution is 0.0383. The van der Waals surface area contributed by atoms with Gasteiger partial charge in [0.2, 0.25) is 0 Å². The third-order valence-corrected chi connectivity index (χ3v) is 4.08. The van der Waals surface area contributed by atoms with Crippen molar-refractivity contribution >= 4 is 16.8 Å². The number of carbonyl (C=O) groups is 1. The summed E-state index contributed by atoms with van der Waals surface area (Å²) in [6.45, 7) is 4.66. The summed E-state index contributed by atoms with van der Waals surface area (Å²) in [5.74, 6) is -0.480. The lowest BCUT2D eigenvalue weighted by Gasteiger charge is -2.26. The summed E-state index contributed by atoms with van der Waals surface area (Å²) >= 11 is 0. The molecule has 0 aliphatic carbocycles. The molecule has 0 saturated carbocycles. The van der Waals surface area contributed by atoms with Crippen LogP contribution < -0.4 is 5.32 Å². The van der Waals surface area contributed by atoms with Crippen LogP contribution in [-0.4, -0.2) is 54.8 Å². The van der Waals surface area contributed by atoms with Gasteiger partial charge in [-0.05, 0) is 18.2 Å². The summed E-state index contributed by atoms with van der Waals surface area (Å²) in [6.07, 6.45) is 0. The Labute approximate surface area is 128 Å². The quantitative estimate of drug-likeness (QED) is 0.928. The Morgan fingerprint density at radius 1 is 1.36 bits per heavy atom. The van der Waals surface area contributed by atoms with Crippen molar-refractivity contribution in [2.75, 3.05) is 39.4 Å². The Bertz CT molecular complexity index is 677. The van der Waals surface area contributed by atoms with E-state index in [9.17, 15) is 9.18 Å². The number of halogens is 1. The van der Waals surface area contributed by atoms with Crippen molar-refractivity contribution < 1.29 is 13.9 Å². The SMILES string of the molecule is Cn1c(C(=O)NCCN2CCOCC2)cc2c(F)cccc21. The number of fused-ring (bicyclic) bond motifs is 1. The minimum Gasteiger partial charge on any atom is -0.379 e. The number of benzene rings is 1. The van der Waals surface area contributed by atoms with E-state index < -0.39 is 0 Å². The number of aryl methyl sites for hydroxylation is 1. The Balaban J connectivity index is 1.64. The second-order valence-corrected chi connectivity index (χ2v) is 5.47. The van der Waals surface area contributed by atoms with Crippen LogP contribution in [0.4, 0.5) is 4.39 Å². The average Bonchev–Trinajstić information content (AvgIpc) is 2.87. The second-order valence-electron chi connectivity index (χ2n) is 5.47. The fourth-order valence-corrected chi connectivity index (χ4v) is 2.79. The van der Waals surface area contributed by atoms with Crippen LogP contribution in [0, 0.1) is 5.82 Å². The standard InChI is InChI=1S/C16H20FN3O2/c1-19-14-4-2-3-13(17)12(14)11-15(19)16(21)18-5-6-20-7-9-22-10-8-20/h2-4,11H,5-10H2,1H3,(H,18,21). The van der Waals surface area contributed by atoms with Crippen LogP contribution in [0.1, 0.15) is 10.5 Å². The molecule has 2 aromatic rings. The number of nitrogens with zero attached hydrogens (tertiary/aromatic N) is 2. The molecule has 3 rings (SSSR count). The monoisotopic (exact) mass is 305 g/mol. The molecule has 1 aromatic heterocycles. The molecule has 0 radical (unpaired) electrons. The maximum absolute atomic E-state index is 13.8. The van der Waals surface area contributed by atoms with Gasteiger partial charge in [-0.3, -0.25) is 9.69 Å².